The number of amides is 1. The van der Waals surface area contributed by atoms with Gasteiger partial charge in [-0.25, -0.2) is 0 Å². The summed E-state index contributed by atoms with van der Waals surface area (Å²) in [6.45, 7) is 0.502. The number of fused-ring (bicyclic) bond motifs is 1. The van der Waals surface area contributed by atoms with Crippen molar-refractivity contribution in [1.29, 1.82) is 0 Å². The number of carbonyl (C=O) groups excluding carboxylic acids is 1. The summed E-state index contributed by atoms with van der Waals surface area (Å²) in [6.07, 6.45) is 1.52. The van der Waals surface area contributed by atoms with Crippen LogP contribution in [0.4, 0.5) is 11.7 Å². The van der Waals surface area contributed by atoms with Crippen molar-refractivity contribution in [3.05, 3.63) is 72.1 Å². The number of anilines is 2. The Balaban J connectivity index is 1.50. The van der Waals surface area contributed by atoms with Crippen molar-refractivity contribution in [3.8, 4) is 11.5 Å². The van der Waals surface area contributed by atoms with E-state index in [4.69, 9.17) is 14.9 Å². The molecule has 0 spiro atoms. The number of para-hydroxylation sites is 1. The number of nitrogens with one attached hydrogen (secondary N) is 2. The van der Waals surface area contributed by atoms with Gasteiger partial charge in [0.2, 0.25) is 0 Å². The maximum Gasteiger partial charge on any atom is 0.295 e. The Hall–Kier alpha value is -4.07. The van der Waals surface area contributed by atoms with Crippen LogP contribution in [0.3, 0.4) is 0 Å². The maximum atomic E-state index is 11.7. The molecule has 1 amide bonds. The van der Waals surface area contributed by atoms with Crippen LogP contribution in [-0.2, 0) is 6.54 Å². The largest absolute Gasteiger partial charge is 0.457 e. The van der Waals surface area contributed by atoms with Crippen molar-refractivity contribution in [1.82, 2.24) is 15.3 Å². The van der Waals surface area contributed by atoms with E-state index >= 15 is 0 Å². The average molecular weight is 389 g/mol. The molecule has 4 rings (SSSR count). The molecule has 0 atom stereocenters. The molecule has 8 heteroatoms. The third-order valence-electron chi connectivity index (χ3n) is 4.27. The van der Waals surface area contributed by atoms with Crippen LogP contribution in [0.15, 0.2) is 65.2 Å². The fourth-order valence-corrected chi connectivity index (χ4v) is 2.77. The molecule has 0 aliphatic heterocycles. The number of carbonyl (C=O) groups is 1. The highest BCUT2D eigenvalue weighted by atomic mass is 16.5. The molecule has 0 saturated carbocycles. The topological polar surface area (TPSA) is 115 Å². The van der Waals surface area contributed by atoms with Gasteiger partial charge >= 0.3 is 0 Å². The molecular formula is C21H19N5O3. The highest BCUT2D eigenvalue weighted by Crippen LogP contribution is 2.28. The zero-order chi connectivity index (χ0) is 20.2. The van der Waals surface area contributed by atoms with E-state index in [1.54, 1.807) is 37.4 Å². The van der Waals surface area contributed by atoms with E-state index < -0.39 is 0 Å². The van der Waals surface area contributed by atoms with Gasteiger partial charge in [0.1, 0.15) is 22.7 Å². The molecule has 146 valence electrons. The summed E-state index contributed by atoms with van der Waals surface area (Å²) >= 11 is 0. The number of benzene rings is 2. The Morgan fingerprint density at radius 1 is 1.14 bits per heavy atom. The van der Waals surface area contributed by atoms with Gasteiger partial charge < -0.3 is 25.5 Å². The summed E-state index contributed by atoms with van der Waals surface area (Å²) in [5, 5.41) is 5.67. The number of ether oxygens (including phenoxy) is 1. The molecule has 2 aromatic carbocycles. The first kappa shape index (κ1) is 18.3. The molecule has 2 aromatic heterocycles. The number of nitrogen functional groups attached to an aromatic ring is 1. The monoisotopic (exact) mass is 389 g/mol. The van der Waals surface area contributed by atoms with Crippen molar-refractivity contribution >= 4 is 28.7 Å². The molecule has 8 nitrogen and oxygen atoms in total. The lowest BCUT2D eigenvalue weighted by molar-refractivity contribution is 0.0958. The number of rotatable bonds is 6. The maximum absolute atomic E-state index is 11.7. The quantitative estimate of drug-likeness (QED) is 0.432. The third-order valence-corrected chi connectivity index (χ3v) is 4.27. The zero-order valence-electron chi connectivity index (χ0n) is 15.7. The lowest BCUT2D eigenvalue weighted by Crippen LogP contribution is -2.18. The van der Waals surface area contributed by atoms with Crippen LogP contribution in [0.25, 0.3) is 11.1 Å². The predicted molar refractivity (Wildman–Crippen MR) is 110 cm³/mol. The molecule has 0 unspecified atom stereocenters. The molecule has 0 saturated heterocycles. The predicted octanol–water partition coefficient (Wildman–Crippen LogP) is 3.57. The lowest BCUT2D eigenvalue weighted by Gasteiger charge is -2.06. The van der Waals surface area contributed by atoms with Crippen LogP contribution >= 0.6 is 0 Å². The average Bonchev–Trinajstić information content (AvgIpc) is 3.15. The highest BCUT2D eigenvalue weighted by molar-refractivity contribution is 5.92. The van der Waals surface area contributed by atoms with Crippen molar-refractivity contribution in [2.75, 3.05) is 18.1 Å². The second-order valence-corrected chi connectivity index (χ2v) is 6.26. The van der Waals surface area contributed by atoms with E-state index in [0.29, 0.717) is 40.8 Å². The fraction of sp³-hybridized carbons (Fsp3) is 0.0952. The molecule has 4 N–H and O–H groups in total. The summed E-state index contributed by atoms with van der Waals surface area (Å²) < 4.78 is 11.6. The molecule has 2 heterocycles. The van der Waals surface area contributed by atoms with Crippen LogP contribution in [0.1, 0.15) is 16.1 Å². The Labute approximate surface area is 166 Å². The van der Waals surface area contributed by atoms with E-state index in [-0.39, 0.29) is 11.6 Å². The summed E-state index contributed by atoms with van der Waals surface area (Å²) in [4.78, 5) is 20.1. The van der Waals surface area contributed by atoms with E-state index in [1.807, 2.05) is 24.3 Å². The Kier molecular flexibility index (Phi) is 4.98. The minimum atomic E-state index is -0.282. The number of hydrogen-bond donors (Lipinski definition) is 3. The molecule has 0 fully saturated rings. The first-order chi connectivity index (χ1) is 14.1. The first-order valence-corrected chi connectivity index (χ1v) is 8.96. The standard InChI is InChI=1S/C21H19N5O3/c1-23-20(27)18-10-15(8-9-24-18)28-14-6-7-17-19(11-14)29-21(26-17)25-12-13-4-2-3-5-16(13)22/h2-11H,12,22H2,1H3,(H,23,27)(H,25,26). The van der Waals surface area contributed by atoms with Crippen LogP contribution in [0, 0.1) is 0 Å². The molecule has 0 bridgehead atoms. The normalized spacial score (nSPS) is 10.7. The fourth-order valence-electron chi connectivity index (χ4n) is 2.77. The van der Waals surface area contributed by atoms with Crippen molar-refractivity contribution in [2.24, 2.45) is 0 Å². The van der Waals surface area contributed by atoms with Crippen molar-refractivity contribution in [3.63, 3.8) is 0 Å². The van der Waals surface area contributed by atoms with Gasteiger partial charge in [-0.1, -0.05) is 18.2 Å². The molecule has 0 aliphatic carbocycles. The van der Waals surface area contributed by atoms with Crippen LogP contribution in [0.2, 0.25) is 0 Å². The minimum Gasteiger partial charge on any atom is -0.457 e. The summed E-state index contributed by atoms with van der Waals surface area (Å²) in [7, 11) is 1.55. The van der Waals surface area contributed by atoms with Gasteiger partial charge in [-0.3, -0.25) is 9.78 Å². The van der Waals surface area contributed by atoms with Gasteiger partial charge in [-0.2, -0.15) is 4.98 Å². The van der Waals surface area contributed by atoms with Gasteiger partial charge in [-0.05, 0) is 29.8 Å². The minimum absolute atomic E-state index is 0.275. The number of nitrogens with zero attached hydrogens (tertiary/aromatic N) is 2. The SMILES string of the molecule is CNC(=O)c1cc(Oc2ccc3nc(NCc4ccccc4N)oc3c2)ccn1. The van der Waals surface area contributed by atoms with Gasteiger partial charge in [0.15, 0.2) is 5.58 Å². The van der Waals surface area contributed by atoms with E-state index in [1.165, 1.54) is 6.20 Å². The second kappa shape index (κ2) is 7.89. The van der Waals surface area contributed by atoms with Gasteiger partial charge in [0.25, 0.3) is 11.9 Å². The number of hydrogen-bond acceptors (Lipinski definition) is 7. The molecule has 0 aliphatic rings. The van der Waals surface area contributed by atoms with E-state index in [0.717, 1.165) is 5.56 Å². The summed E-state index contributed by atoms with van der Waals surface area (Å²) in [5.41, 5.74) is 9.17. The Bertz CT molecular complexity index is 1170. The van der Waals surface area contributed by atoms with Crippen LogP contribution in [0.5, 0.6) is 11.5 Å². The second-order valence-electron chi connectivity index (χ2n) is 6.26. The zero-order valence-corrected chi connectivity index (χ0v) is 15.7. The number of pyridine rings is 1. The number of nitrogens with two attached hydrogens (primary N) is 1. The third kappa shape index (κ3) is 4.11. The number of oxazole rings is 1. The van der Waals surface area contributed by atoms with E-state index in [2.05, 4.69) is 20.6 Å². The van der Waals surface area contributed by atoms with Crippen LogP contribution in [-0.4, -0.2) is 22.9 Å². The van der Waals surface area contributed by atoms with Crippen molar-refractivity contribution < 1.29 is 13.9 Å². The number of aromatic nitrogens is 2. The first-order valence-electron chi connectivity index (χ1n) is 8.96. The molecule has 4 aromatic rings. The summed E-state index contributed by atoms with van der Waals surface area (Å²) in [5.74, 6) is 0.771. The van der Waals surface area contributed by atoms with Crippen LogP contribution < -0.4 is 21.1 Å². The van der Waals surface area contributed by atoms with Gasteiger partial charge in [0, 0.05) is 37.6 Å². The smallest absolute Gasteiger partial charge is 0.295 e. The summed E-state index contributed by atoms with van der Waals surface area (Å²) in [6, 6.07) is 16.6. The van der Waals surface area contributed by atoms with E-state index in [9.17, 15) is 4.79 Å². The van der Waals surface area contributed by atoms with Gasteiger partial charge in [0.05, 0.1) is 0 Å². The van der Waals surface area contributed by atoms with Gasteiger partial charge in [-0.15, -0.1) is 0 Å². The Morgan fingerprint density at radius 2 is 1.97 bits per heavy atom. The highest BCUT2D eigenvalue weighted by Gasteiger charge is 2.10. The lowest BCUT2D eigenvalue weighted by atomic mass is 10.2. The Morgan fingerprint density at radius 3 is 2.79 bits per heavy atom. The molecule has 0 radical (unpaired) electrons. The van der Waals surface area contributed by atoms with Crippen molar-refractivity contribution in [2.45, 2.75) is 6.54 Å². The molecule has 29 heavy (non-hydrogen) atoms. The molecular weight excluding hydrogens is 370 g/mol.